The first-order valence-electron chi connectivity index (χ1n) is 5.00. The van der Waals surface area contributed by atoms with Gasteiger partial charge in [-0.05, 0) is 12.1 Å². The highest BCUT2D eigenvalue weighted by molar-refractivity contribution is 6.28. The second-order valence-electron chi connectivity index (χ2n) is 3.76. The topological polar surface area (TPSA) is 61.8 Å². The molecule has 0 radical (unpaired) electrons. The molecule has 80 valence electrons. The lowest BCUT2D eigenvalue weighted by atomic mass is 10.1. The van der Waals surface area contributed by atoms with Crippen molar-refractivity contribution in [1.82, 2.24) is 5.43 Å². The lowest BCUT2D eigenvalue weighted by Crippen LogP contribution is -2.36. The molecular weight excluding hydrogens is 206 g/mol. The fourth-order valence-electron chi connectivity index (χ4n) is 2.01. The van der Waals surface area contributed by atoms with Gasteiger partial charge in [-0.15, -0.1) is 0 Å². The second-order valence-corrected chi connectivity index (χ2v) is 3.76. The van der Waals surface area contributed by atoms with Crippen LogP contribution in [0.25, 0.3) is 0 Å². The predicted octanol–water partition coefficient (Wildman–Crippen LogP) is 0.134. The molecule has 16 heavy (non-hydrogen) atoms. The molecule has 1 saturated heterocycles. The third-order valence-electron chi connectivity index (χ3n) is 2.81. The number of para-hydroxylation sites is 1. The Kier molecular flexibility index (Phi) is 1.80. The molecule has 2 amide bonds. The van der Waals surface area contributed by atoms with E-state index in [4.69, 9.17) is 0 Å². The molecule has 0 saturated carbocycles. The molecule has 2 aliphatic heterocycles. The number of imide groups is 1. The Bertz CT molecular complexity index is 483. The van der Waals surface area contributed by atoms with Crippen LogP contribution in [0.1, 0.15) is 0 Å². The lowest BCUT2D eigenvalue weighted by Gasteiger charge is -2.14. The van der Waals surface area contributed by atoms with Crippen LogP contribution in [0.5, 0.6) is 0 Å². The van der Waals surface area contributed by atoms with Crippen LogP contribution in [-0.4, -0.2) is 24.1 Å². The Balaban J connectivity index is 2.01. The number of fused-ring (bicyclic) bond motifs is 1. The third-order valence-corrected chi connectivity index (χ3v) is 2.81. The van der Waals surface area contributed by atoms with Crippen LogP contribution >= 0.6 is 0 Å². The normalized spacial score (nSPS) is 27.1. The molecule has 2 atom stereocenters. The van der Waals surface area contributed by atoms with E-state index in [9.17, 15) is 9.59 Å². The van der Waals surface area contributed by atoms with Gasteiger partial charge in [0.15, 0.2) is 0 Å². The largest absolute Gasteiger partial charge is 0.297 e. The molecule has 5 heteroatoms. The van der Waals surface area contributed by atoms with Gasteiger partial charge in [0.2, 0.25) is 5.91 Å². The SMILES string of the molecule is O=C1[C@H]2NN=C[C@H]2C(=O)N1c1ccccc1. The smallest absolute Gasteiger partial charge is 0.259 e. The minimum Gasteiger partial charge on any atom is -0.297 e. The summed E-state index contributed by atoms with van der Waals surface area (Å²) in [7, 11) is 0. The zero-order valence-corrected chi connectivity index (χ0v) is 8.33. The summed E-state index contributed by atoms with van der Waals surface area (Å²) in [6.45, 7) is 0. The molecule has 1 fully saturated rings. The number of amides is 2. The number of hydrazone groups is 1. The summed E-state index contributed by atoms with van der Waals surface area (Å²) in [5.74, 6) is -0.902. The average molecular weight is 215 g/mol. The number of benzene rings is 1. The van der Waals surface area contributed by atoms with E-state index in [-0.39, 0.29) is 11.8 Å². The molecule has 2 aliphatic rings. The van der Waals surface area contributed by atoms with Gasteiger partial charge < -0.3 is 0 Å². The molecule has 1 N–H and O–H groups in total. The molecule has 0 bridgehead atoms. The van der Waals surface area contributed by atoms with Crippen molar-refractivity contribution in [2.24, 2.45) is 11.0 Å². The molecule has 1 aromatic rings. The first-order valence-corrected chi connectivity index (χ1v) is 5.00. The van der Waals surface area contributed by atoms with Crippen LogP contribution in [0.4, 0.5) is 5.69 Å². The maximum absolute atomic E-state index is 12.0. The monoisotopic (exact) mass is 215 g/mol. The van der Waals surface area contributed by atoms with Gasteiger partial charge >= 0.3 is 0 Å². The summed E-state index contributed by atoms with van der Waals surface area (Å²) in [5, 5.41) is 3.75. The summed E-state index contributed by atoms with van der Waals surface area (Å²) in [5.41, 5.74) is 3.27. The summed E-state index contributed by atoms with van der Waals surface area (Å²) >= 11 is 0. The van der Waals surface area contributed by atoms with Crippen LogP contribution in [0.3, 0.4) is 0 Å². The summed E-state index contributed by atoms with van der Waals surface area (Å²) < 4.78 is 0. The standard InChI is InChI=1S/C11H9N3O2/c15-10-8-6-12-13-9(8)11(16)14(10)7-4-2-1-3-5-7/h1-6,8-9,13H/t8-,9+/m1/s1. The third kappa shape index (κ3) is 1.08. The Labute approximate surface area is 91.7 Å². The van der Waals surface area contributed by atoms with Crippen molar-refractivity contribution in [1.29, 1.82) is 0 Å². The van der Waals surface area contributed by atoms with Gasteiger partial charge in [0.05, 0.1) is 5.69 Å². The molecular formula is C11H9N3O2. The predicted molar refractivity (Wildman–Crippen MR) is 57.8 cm³/mol. The number of hydrogen-bond acceptors (Lipinski definition) is 4. The van der Waals surface area contributed by atoms with Gasteiger partial charge in [-0.3, -0.25) is 15.0 Å². The van der Waals surface area contributed by atoms with Gasteiger partial charge in [0.1, 0.15) is 12.0 Å². The Morgan fingerprint density at radius 1 is 1.12 bits per heavy atom. The highest BCUT2D eigenvalue weighted by Crippen LogP contribution is 2.27. The average Bonchev–Trinajstić information content (AvgIpc) is 2.86. The van der Waals surface area contributed by atoms with Gasteiger partial charge in [0.25, 0.3) is 5.91 Å². The maximum atomic E-state index is 12.0. The van der Waals surface area contributed by atoms with E-state index in [1.54, 1.807) is 24.3 Å². The molecule has 3 rings (SSSR count). The van der Waals surface area contributed by atoms with E-state index in [0.29, 0.717) is 5.69 Å². The highest BCUT2D eigenvalue weighted by Gasteiger charge is 2.49. The van der Waals surface area contributed by atoms with E-state index in [0.717, 1.165) is 0 Å². The number of nitrogens with zero attached hydrogens (tertiary/aromatic N) is 2. The van der Waals surface area contributed by atoms with Crippen molar-refractivity contribution in [3.63, 3.8) is 0 Å². The minimum absolute atomic E-state index is 0.213. The fraction of sp³-hybridized carbons (Fsp3) is 0.182. The van der Waals surface area contributed by atoms with Gasteiger partial charge in [0, 0.05) is 6.21 Å². The second kappa shape index (κ2) is 3.16. The summed E-state index contributed by atoms with van der Waals surface area (Å²) in [4.78, 5) is 25.1. The minimum atomic E-state index is -0.521. The highest BCUT2D eigenvalue weighted by atomic mass is 16.2. The van der Waals surface area contributed by atoms with E-state index in [1.165, 1.54) is 11.1 Å². The number of hydrogen-bond donors (Lipinski definition) is 1. The fourth-order valence-corrected chi connectivity index (χ4v) is 2.01. The van der Waals surface area contributed by atoms with E-state index in [1.807, 2.05) is 6.07 Å². The van der Waals surface area contributed by atoms with Gasteiger partial charge in [-0.1, -0.05) is 18.2 Å². The molecule has 2 heterocycles. The Morgan fingerprint density at radius 2 is 1.88 bits per heavy atom. The lowest BCUT2D eigenvalue weighted by molar-refractivity contribution is -0.122. The molecule has 1 aromatic carbocycles. The summed E-state index contributed by atoms with van der Waals surface area (Å²) in [6.07, 6.45) is 1.49. The first kappa shape index (κ1) is 9.08. The number of rotatable bonds is 1. The first-order chi connectivity index (χ1) is 7.79. The zero-order valence-electron chi connectivity index (χ0n) is 8.33. The Morgan fingerprint density at radius 3 is 2.56 bits per heavy atom. The zero-order chi connectivity index (χ0) is 11.1. The Hall–Kier alpha value is -2.17. The van der Waals surface area contributed by atoms with Gasteiger partial charge in [-0.2, -0.15) is 5.10 Å². The van der Waals surface area contributed by atoms with Crippen molar-refractivity contribution < 1.29 is 9.59 Å². The van der Waals surface area contributed by atoms with E-state index in [2.05, 4.69) is 10.5 Å². The number of carbonyl (C=O) groups is 2. The van der Waals surface area contributed by atoms with Crippen LogP contribution in [-0.2, 0) is 9.59 Å². The van der Waals surface area contributed by atoms with E-state index >= 15 is 0 Å². The number of nitrogens with one attached hydrogen (secondary N) is 1. The van der Waals surface area contributed by atoms with Crippen molar-refractivity contribution >= 4 is 23.7 Å². The van der Waals surface area contributed by atoms with Crippen molar-refractivity contribution in [2.45, 2.75) is 6.04 Å². The van der Waals surface area contributed by atoms with Gasteiger partial charge in [-0.25, -0.2) is 4.90 Å². The van der Waals surface area contributed by atoms with Crippen molar-refractivity contribution in [3.8, 4) is 0 Å². The quantitative estimate of drug-likeness (QED) is 0.677. The van der Waals surface area contributed by atoms with Crippen LogP contribution in [0.2, 0.25) is 0 Å². The number of anilines is 1. The van der Waals surface area contributed by atoms with Crippen LogP contribution in [0.15, 0.2) is 35.4 Å². The molecule has 0 unspecified atom stereocenters. The number of carbonyl (C=O) groups excluding carboxylic acids is 2. The van der Waals surface area contributed by atoms with Crippen LogP contribution < -0.4 is 10.3 Å². The molecule has 0 spiro atoms. The maximum Gasteiger partial charge on any atom is 0.259 e. The summed E-state index contributed by atoms with van der Waals surface area (Å²) in [6, 6.07) is 8.40. The van der Waals surface area contributed by atoms with Crippen molar-refractivity contribution in [3.05, 3.63) is 30.3 Å². The molecule has 5 nitrogen and oxygen atoms in total. The van der Waals surface area contributed by atoms with Crippen LogP contribution in [0, 0.1) is 5.92 Å². The van der Waals surface area contributed by atoms with E-state index < -0.39 is 12.0 Å². The molecule has 0 aliphatic carbocycles. The van der Waals surface area contributed by atoms with Crippen molar-refractivity contribution in [2.75, 3.05) is 4.90 Å². The molecule has 0 aromatic heterocycles.